The zero-order chi connectivity index (χ0) is 14.4. The molecule has 0 bridgehead atoms. The molecule has 0 aliphatic rings. The molecule has 4 heteroatoms. The van der Waals surface area contributed by atoms with Crippen LogP contribution in [0.3, 0.4) is 0 Å². The number of likely N-dealkylation sites (N-methyl/N-ethyl adjacent to an activating group) is 1. The van der Waals surface area contributed by atoms with Crippen molar-refractivity contribution in [1.82, 2.24) is 4.90 Å². The lowest BCUT2D eigenvalue weighted by Crippen LogP contribution is -2.34. The molecule has 1 heterocycles. The minimum Gasteiger partial charge on any atom is -0.383 e. The number of benzene rings is 1. The molecule has 0 aliphatic heterocycles. The molecule has 0 spiro atoms. The molecule has 20 heavy (non-hydrogen) atoms. The standard InChI is InChI=1S/C16H21BrN2S/c1-13(12-14-6-5-11-20-14)19(2)10-9-18-16-8-4-3-7-15(16)17/h3-8,11,13,18H,9-10,12H2,1-2H3. The summed E-state index contributed by atoms with van der Waals surface area (Å²) in [7, 11) is 2.19. The summed E-state index contributed by atoms with van der Waals surface area (Å²) in [4.78, 5) is 3.87. The van der Waals surface area contributed by atoms with Crippen molar-refractivity contribution >= 4 is 33.0 Å². The van der Waals surface area contributed by atoms with Gasteiger partial charge in [-0.1, -0.05) is 18.2 Å². The highest BCUT2D eigenvalue weighted by Gasteiger charge is 2.10. The van der Waals surface area contributed by atoms with Crippen molar-refractivity contribution in [1.29, 1.82) is 0 Å². The fraction of sp³-hybridized carbons (Fsp3) is 0.375. The molecule has 1 atom stereocenters. The second kappa shape index (κ2) is 7.81. The zero-order valence-electron chi connectivity index (χ0n) is 12.0. The number of nitrogens with one attached hydrogen (secondary N) is 1. The van der Waals surface area contributed by atoms with Crippen LogP contribution >= 0.6 is 27.3 Å². The summed E-state index contributed by atoms with van der Waals surface area (Å²) < 4.78 is 1.12. The highest BCUT2D eigenvalue weighted by atomic mass is 79.9. The summed E-state index contributed by atoms with van der Waals surface area (Å²) in [5, 5.41) is 5.62. The molecule has 2 rings (SSSR count). The molecular weight excluding hydrogens is 332 g/mol. The minimum atomic E-state index is 0.565. The number of rotatable bonds is 7. The summed E-state index contributed by atoms with van der Waals surface area (Å²) in [6, 6.07) is 13.1. The molecule has 108 valence electrons. The fourth-order valence-electron chi connectivity index (χ4n) is 2.07. The van der Waals surface area contributed by atoms with Crippen LogP contribution in [0.15, 0.2) is 46.3 Å². The van der Waals surface area contributed by atoms with Crippen LogP contribution in [0.4, 0.5) is 5.69 Å². The molecule has 0 radical (unpaired) electrons. The van der Waals surface area contributed by atoms with E-state index in [-0.39, 0.29) is 0 Å². The van der Waals surface area contributed by atoms with Crippen LogP contribution in [0.5, 0.6) is 0 Å². The maximum atomic E-state index is 3.56. The smallest absolute Gasteiger partial charge is 0.0485 e. The highest BCUT2D eigenvalue weighted by Crippen LogP contribution is 2.20. The van der Waals surface area contributed by atoms with Crippen molar-refractivity contribution in [2.75, 3.05) is 25.5 Å². The van der Waals surface area contributed by atoms with Crippen LogP contribution in [0, 0.1) is 0 Å². The summed E-state index contributed by atoms with van der Waals surface area (Å²) in [6.45, 7) is 4.28. The lowest BCUT2D eigenvalue weighted by molar-refractivity contribution is 0.267. The van der Waals surface area contributed by atoms with Gasteiger partial charge in [0.25, 0.3) is 0 Å². The average Bonchev–Trinajstić information content (AvgIpc) is 2.93. The van der Waals surface area contributed by atoms with Crippen molar-refractivity contribution in [3.63, 3.8) is 0 Å². The Morgan fingerprint density at radius 1 is 1.25 bits per heavy atom. The topological polar surface area (TPSA) is 15.3 Å². The van der Waals surface area contributed by atoms with Crippen molar-refractivity contribution in [3.8, 4) is 0 Å². The predicted molar refractivity (Wildman–Crippen MR) is 92.7 cm³/mol. The van der Waals surface area contributed by atoms with E-state index in [2.05, 4.69) is 75.8 Å². The fourth-order valence-corrected chi connectivity index (χ4v) is 3.32. The third kappa shape index (κ3) is 4.62. The number of halogens is 1. The van der Waals surface area contributed by atoms with E-state index >= 15 is 0 Å². The monoisotopic (exact) mass is 352 g/mol. The van der Waals surface area contributed by atoms with Gasteiger partial charge in [-0.15, -0.1) is 11.3 Å². The third-order valence-electron chi connectivity index (χ3n) is 3.48. The molecule has 0 amide bonds. The Morgan fingerprint density at radius 3 is 2.75 bits per heavy atom. The molecule has 2 aromatic rings. The van der Waals surface area contributed by atoms with Gasteiger partial charge >= 0.3 is 0 Å². The first-order valence-electron chi connectivity index (χ1n) is 6.88. The van der Waals surface area contributed by atoms with Crippen LogP contribution in [0.2, 0.25) is 0 Å². The molecule has 1 unspecified atom stereocenters. The van der Waals surface area contributed by atoms with Gasteiger partial charge in [0, 0.05) is 34.2 Å². The van der Waals surface area contributed by atoms with E-state index in [1.54, 1.807) is 0 Å². The first kappa shape index (κ1) is 15.5. The normalized spacial score (nSPS) is 12.6. The quantitative estimate of drug-likeness (QED) is 0.789. The first-order chi connectivity index (χ1) is 9.66. The molecule has 0 fully saturated rings. The van der Waals surface area contributed by atoms with Crippen molar-refractivity contribution in [3.05, 3.63) is 51.1 Å². The molecular formula is C16H21BrN2S. The van der Waals surface area contributed by atoms with E-state index in [0.717, 1.165) is 29.7 Å². The summed E-state index contributed by atoms with van der Waals surface area (Å²) in [6.07, 6.45) is 1.13. The van der Waals surface area contributed by atoms with Gasteiger partial charge in [-0.2, -0.15) is 0 Å². The number of nitrogens with zero attached hydrogens (tertiary/aromatic N) is 1. The second-order valence-corrected chi connectivity index (χ2v) is 6.91. The highest BCUT2D eigenvalue weighted by molar-refractivity contribution is 9.10. The van der Waals surface area contributed by atoms with Gasteiger partial charge < -0.3 is 10.2 Å². The van der Waals surface area contributed by atoms with Gasteiger partial charge in [0.05, 0.1) is 0 Å². The third-order valence-corrected chi connectivity index (χ3v) is 5.07. The van der Waals surface area contributed by atoms with Crippen molar-refractivity contribution in [2.45, 2.75) is 19.4 Å². The molecule has 0 aliphatic carbocycles. The van der Waals surface area contributed by atoms with Gasteiger partial charge in [0.15, 0.2) is 0 Å². The van der Waals surface area contributed by atoms with E-state index in [9.17, 15) is 0 Å². The number of anilines is 1. The van der Waals surface area contributed by atoms with Crippen LogP contribution in [-0.4, -0.2) is 31.1 Å². The first-order valence-corrected chi connectivity index (χ1v) is 8.55. The molecule has 0 saturated carbocycles. The lowest BCUT2D eigenvalue weighted by atomic mass is 10.2. The van der Waals surface area contributed by atoms with E-state index in [1.807, 2.05) is 17.4 Å². The van der Waals surface area contributed by atoms with E-state index in [0.29, 0.717) is 6.04 Å². The van der Waals surface area contributed by atoms with E-state index in [1.165, 1.54) is 4.88 Å². The van der Waals surface area contributed by atoms with Crippen LogP contribution in [-0.2, 0) is 6.42 Å². The van der Waals surface area contributed by atoms with Crippen LogP contribution < -0.4 is 5.32 Å². The van der Waals surface area contributed by atoms with Gasteiger partial charge in [-0.05, 0) is 59.9 Å². The van der Waals surface area contributed by atoms with Gasteiger partial charge in [0.1, 0.15) is 0 Å². The Labute approximate surface area is 133 Å². The average molecular weight is 353 g/mol. The van der Waals surface area contributed by atoms with Crippen LogP contribution in [0.25, 0.3) is 0 Å². The molecule has 1 aromatic heterocycles. The largest absolute Gasteiger partial charge is 0.383 e. The van der Waals surface area contributed by atoms with Crippen molar-refractivity contribution < 1.29 is 0 Å². The zero-order valence-corrected chi connectivity index (χ0v) is 14.4. The molecule has 1 N–H and O–H groups in total. The Hall–Kier alpha value is -0.840. The van der Waals surface area contributed by atoms with Crippen molar-refractivity contribution in [2.24, 2.45) is 0 Å². The second-order valence-electron chi connectivity index (χ2n) is 5.02. The lowest BCUT2D eigenvalue weighted by Gasteiger charge is -2.24. The number of hydrogen-bond donors (Lipinski definition) is 1. The molecule has 2 nitrogen and oxygen atoms in total. The van der Waals surface area contributed by atoms with E-state index in [4.69, 9.17) is 0 Å². The Kier molecular flexibility index (Phi) is 6.07. The number of hydrogen-bond acceptors (Lipinski definition) is 3. The predicted octanol–water partition coefficient (Wildman–Crippen LogP) is 4.49. The van der Waals surface area contributed by atoms with E-state index < -0.39 is 0 Å². The molecule has 0 saturated heterocycles. The van der Waals surface area contributed by atoms with Gasteiger partial charge in [-0.25, -0.2) is 0 Å². The Balaban J connectivity index is 1.74. The summed E-state index contributed by atoms with van der Waals surface area (Å²) in [5.74, 6) is 0. The molecule has 1 aromatic carbocycles. The van der Waals surface area contributed by atoms with Gasteiger partial charge in [-0.3, -0.25) is 0 Å². The SMILES string of the molecule is CC(Cc1cccs1)N(C)CCNc1ccccc1Br. The summed E-state index contributed by atoms with van der Waals surface area (Å²) in [5.41, 5.74) is 1.16. The number of para-hydroxylation sites is 1. The Morgan fingerprint density at radius 2 is 2.05 bits per heavy atom. The number of thiophene rings is 1. The van der Waals surface area contributed by atoms with Gasteiger partial charge in [0.2, 0.25) is 0 Å². The Bertz CT molecular complexity index is 513. The maximum absolute atomic E-state index is 3.56. The maximum Gasteiger partial charge on any atom is 0.0485 e. The summed E-state index contributed by atoms with van der Waals surface area (Å²) >= 11 is 5.40. The van der Waals surface area contributed by atoms with Crippen LogP contribution in [0.1, 0.15) is 11.8 Å². The minimum absolute atomic E-state index is 0.565.